The van der Waals surface area contributed by atoms with Crippen molar-refractivity contribution in [1.29, 1.82) is 0 Å². The van der Waals surface area contributed by atoms with Crippen molar-refractivity contribution in [3.05, 3.63) is 69.8 Å². The minimum Gasteiger partial charge on any atom is -0.478 e. The van der Waals surface area contributed by atoms with Crippen LogP contribution in [0.25, 0.3) is 0 Å². The van der Waals surface area contributed by atoms with E-state index in [1.807, 2.05) is 0 Å². The lowest BCUT2D eigenvalue weighted by Gasteiger charge is -2.22. The van der Waals surface area contributed by atoms with Gasteiger partial charge in [-0.25, -0.2) is 9.59 Å². The fourth-order valence-electron chi connectivity index (χ4n) is 3.66. The van der Waals surface area contributed by atoms with Crippen LogP contribution in [0.3, 0.4) is 0 Å². The molecule has 0 aliphatic carbocycles. The highest BCUT2D eigenvalue weighted by Gasteiger charge is 2.40. The minimum atomic E-state index is -1.49. The van der Waals surface area contributed by atoms with E-state index in [1.165, 1.54) is 24.3 Å². The van der Waals surface area contributed by atoms with Gasteiger partial charge in [0.1, 0.15) is 0 Å². The van der Waals surface area contributed by atoms with Crippen LogP contribution >= 0.6 is 0 Å². The molecule has 2 aliphatic rings. The Bertz CT molecular complexity index is 1150. The number of β-amino-alcohol motifs (C(OH)–C–C–N with tert-alkyl or cyclic N) is 1. The van der Waals surface area contributed by atoms with Gasteiger partial charge in [-0.1, -0.05) is 0 Å². The number of aliphatic hydroxyl groups excluding tert-OH is 1. The maximum atomic E-state index is 12.6. The Morgan fingerprint density at radius 2 is 1.00 bits per heavy atom. The Morgan fingerprint density at radius 3 is 1.34 bits per heavy atom. The fourth-order valence-corrected chi connectivity index (χ4v) is 3.66. The molecule has 2 aliphatic heterocycles. The van der Waals surface area contributed by atoms with Gasteiger partial charge in [0.25, 0.3) is 23.6 Å². The van der Waals surface area contributed by atoms with Crippen molar-refractivity contribution in [2.75, 3.05) is 13.1 Å². The average Bonchev–Trinajstić information content (AvgIpc) is 3.13. The zero-order valence-corrected chi connectivity index (χ0v) is 16.1. The largest absolute Gasteiger partial charge is 0.478 e. The molecule has 2 aromatic carbocycles. The molecule has 0 bridgehead atoms. The number of rotatable bonds is 6. The molecule has 11 nitrogen and oxygen atoms in total. The number of carbonyl (C=O) groups is 6. The van der Waals surface area contributed by atoms with Crippen LogP contribution in [-0.4, -0.2) is 79.9 Å². The molecule has 11 heteroatoms. The van der Waals surface area contributed by atoms with Crippen molar-refractivity contribution in [1.82, 2.24) is 9.80 Å². The molecule has 0 atom stereocenters. The van der Waals surface area contributed by atoms with E-state index in [4.69, 9.17) is 10.2 Å². The predicted octanol–water partition coefficient (Wildman–Crippen LogP) is 0.336. The Kier molecular flexibility index (Phi) is 4.82. The van der Waals surface area contributed by atoms with E-state index in [0.29, 0.717) is 9.80 Å². The number of aromatic carboxylic acids is 2. The molecule has 32 heavy (non-hydrogen) atoms. The first-order valence-electron chi connectivity index (χ1n) is 9.25. The topological polar surface area (TPSA) is 170 Å². The van der Waals surface area contributed by atoms with E-state index in [-0.39, 0.29) is 33.4 Å². The number of carboxylic acid groups (broad SMARTS) is 2. The number of hydrogen-bond acceptors (Lipinski definition) is 7. The maximum absolute atomic E-state index is 12.6. The molecule has 3 N–H and O–H groups in total. The highest BCUT2D eigenvalue weighted by molar-refractivity contribution is 6.23. The normalized spacial score (nSPS) is 14.9. The van der Waals surface area contributed by atoms with Gasteiger partial charge in [0.2, 0.25) is 0 Å². The van der Waals surface area contributed by atoms with Gasteiger partial charge in [0.05, 0.1) is 52.6 Å². The second kappa shape index (κ2) is 7.39. The van der Waals surface area contributed by atoms with Gasteiger partial charge >= 0.3 is 11.9 Å². The number of aliphatic hydroxyl groups is 1. The molecule has 2 heterocycles. The van der Waals surface area contributed by atoms with Crippen LogP contribution in [0.4, 0.5) is 0 Å². The van der Waals surface area contributed by atoms with Crippen molar-refractivity contribution in [2.24, 2.45) is 0 Å². The Balaban J connectivity index is 1.50. The average molecular weight is 438 g/mol. The summed E-state index contributed by atoms with van der Waals surface area (Å²) < 4.78 is 0. The monoisotopic (exact) mass is 438 g/mol. The van der Waals surface area contributed by atoms with Gasteiger partial charge in [-0.15, -0.1) is 0 Å². The number of imide groups is 2. The predicted molar refractivity (Wildman–Crippen MR) is 104 cm³/mol. The summed E-state index contributed by atoms with van der Waals surface area (Å²) in [5.41, 5.74) is -0.644. The van der Waals surface area contributed by atoms with Gasteiger partial charge in [0.15, 0.2) is 0 Å². The summed E-state index contributed by atoms with van der Waals surface area (Å²) in [4.78, 5) is 73.8. The molecular weight excluding hydrogens is 424 g/mol. The zero-order valence-electron chi connectivity index (χ0n) is 16.1. The molecule has 0 aromatic heterocycles. The SMILES string of the molecule is O=C(O)c1ccc2c(c1)C(=O)N(CC(O)CN1C(=O)c3ccc(C(=O)O)cc3C1=O)C2=O. The quantitative estimate of drug-likeness (QED) is 0.538. The fraction of sp³-hybridized carbons (Fsp3) is 0.143. The van der Waals surface area contributed by atoms with Crippen LogP contribution in [0.5, 0.6) is 0 Å². The van der Waals surface area contributed by atoms with Crippen LogP contribution in [0.1, 0.15) is 62.1 Å². The maximum Gasteiger partial charge on any atom is 0.335 e. The van der Waals surface area contributed by atoms with Gasteiger partial charge in [0, 0.05) is 0 Å². The van der Waals surface area contributed by atoms with E-state index in [0.717, 1.165) is 12.1 Å². The summed E-state index contributed by atoms with van der Waals surface area (Å²) in [6, 6.07) is 6.89. The summed E-state index contributed by atoms with van der Waals surface area (Å²) in [5.74, 6) is -5.64. The Morgan fingerprint density at radius 1 is 0.656 bits per heavy atom. The molecule has 4 amide bonds. The summed E-state index contributed by atoms with van der Waals surface area (Å²) in [5, 5.41) is 28.5. The second-order valence-electron chi connectivity index (χ2n) is 7.23. The minimum absolute atomic E-state index is 0.0193. The first-order chi connectivity index (χ1) is 15.1. The lowest BCUT2D eigenvalue weighted by molar-refractivity contribution is 0.0427. The van der Waals surface area contributed by atoms with Crippen molar-refractivity contribution in [3.63, 3.8) is 0 Å². The van der Waals surface area contributed by atoms with E-state index in [1.54, 1.807) is 0 Å². The third kappa shape index (κ3) is 3.20. The Hall–Kier alpha value is -4.38. The Labute approximate surface area is 179 Å². The number of benzene rings is 2. The van der Waals surface area contributed by atoms with Crippen LogP contribution in [-0.2, 0) is 0 Å². The molecule has 4 rings (SSSR count). The van der Waals surface area contributed by atoms with Crippen LogP contribution in [0.2, 0.25) is 0 Å². The van der Waals surface area contributed by atoms with Gasteiger partial charge in [-0.05, 0) is 36.4 Å². The van der Waals surface area contributed by atoms with Crippen LogP contribution in [0, 0.1) is 0 Å². The molecule has 0 saturated carbocycles. The molecule has 2 aromatic rings. The van der Waals surface area contributed by atoms with E-state index >= 15 is 0 Å². The number of nitrogens with zero attached hydrogens (tertiary/aromatic N) is 2. The number of carboxylic acids is 2. The van der Waals surface area contributed by atoms with E-state index < -0.39 is 54.8 Å². The van der Waals surface area contributed by atoms with Crippen molar-refractivity contribution < 1.29 is 44.1 Å². The summed E-state index contributed by atoms with van der Waals surface area (Å²) in [6.45, 7) is -1.08. The lowest BCUT2D eigenvalue weighted by Crippen LogP contribution is -2.44. The molecule has 162 valence electrons. The van der Waals surface area contributed by atoms with Crippen molar-refractivity contribution >= 4 is 35.6 Å². The first-order valence-corrected chi connectivity index (χ1v) is 9.25. The summed E-state index contributed by atoms with van der Waals surface area (Å²) in [6.07, 6.45) is -1.49. The molecular formula is C21H14N2O9. The summed E-state index contributed by atoms with van der Waals surface area (Å²) in [7, 11) is 0. The van der Waals surface area contributed by atoms with Crippen molar-refractivity contribution in [3.8, 4) is 0 Å². The number of fused-ring (bicyclic) bond motifs is 2. The zero-order chi connectivity index (χ0) is 23.3. The molecule has 0 saturated heterocycles. The van der Waals surface area contributed by atoms with Crippen molar-refractivity contribution in [2.45, 2.75) is 6.10 Å². The first kappa shape index (κ1) is 20.9. The second-order valence-corrected chi connectivity index (χ2v) is 7.23. The van der Waals surface area contributed by atoms with Gasteiger partial charge < -0.3 is 15.3 Å². The third-order valence-corrected chi connectivity index (χ3v) is 5.22. The smallest absolute Gasteiger partial charge is 0.335 e. The van der Waals surface area contributed by atoms with Gasteiger partial charge in [-0.2, -0.15) is 0 Å². The van der Waals surface area contributed by atoms with E-state index in [9.17, 15) is 33.9 Å². The molecule has 0 fully saturated rings. The van der Waals surface area contributed by atoms with Gasteiger partial charge in [-0.3, -0.25) is 29.0 Å². The number of carbonyl (C=O) groups excluding carboxylic acids is 4. The molecule has 0 radical (unpaired) electrons. The number of amides is 4. The molecule has 0 spiro atoms. The summed E-state index contributed by atoms with van der Waals surface area (Å²) >= 11 is 0. The standard InChI is InChI=1S/C21H14N2O9/c24-11(7-22-16(25)12-3-1-9(20(29)30)5-14(12)18(22)27)8-23-17(26)13-4-2-10(21(31)32)6-15(13)19(23)28/h1-6,11,24H,7-8H2,(H,29,30)(H,31,32). The lowest BCUT2D eigenvalue weighted by atomic mass is 10.1. The van der Waals surface area contributed by atoms with Crippen LogP contribution in [0.15, 0.2) is 36.4 Å². The highest BCUT2D eigenvalue weighted by Crippen LogP contribution is 2.26. The number of hydrogen-bond donors (Lipinski definition) is 3. The molecule has 0 unspecified atom stereocenters. The van der Waals surface area contributed by atoms with Crippen LogP contribution < -0.4 is 0 Å². The van der Waals surface area contributed by atoms with E-state index in [2.05, 4.69) is 0 Å². The third-order valence-electron chi connectivity index (χ3n) is 5.22. The highest BCUT2D eigenvalue weighted by atomic mass is 16.4.